The lowest BCUT2D eigenvalue weighted by atomic mass is 10.2. The first kappa shape index (κ1) is 18.8. The number of aromatic hydroxyl groups is 1. The third-order valence-electron chi connectivity index (χ3n) is 4.29. The summed E-state index contributed by atoms with van der Waals surface area (Å²) in [4.78, 5) is 19.3. The number of anilines is 1. The second-order valence-electron chi connectivity index (χ2n) is 6.11. The van der Waals surface area contributed by atoms with Crippen LogP contribution in [0.1, 0.15) is 11.1 Å². The zero-order valence-electron chi connectivity index (χ0n) is 14.4. The maximum Gasteiger partial charge on any atom is 0.419 e. The van der Waals surface area contributed by atoms with Gasteiger partial charge in [0.2, 0.25) is 5.91 Å². The van der Waals surface area contributed by atoms with Gasteiger partial charge in [-0.15, -0.1) is 0 Å². The minimum Gasteiger partial charge on any atom is -0.508 e. The van der Waals surface area contributed by atoms with Crippen molar-refractivity contribution in [3.63, 3.8) is 0 Å². The van der Waals surface area contributed by atoms with E-state index in [9.17, 15) is 23.1 Å². The second kappa shape index (κ2) is 7.69. The van der Waals surface area contributed by atoms with Crippen molar-refractivity contribution in [2.24, 2.45) is 0 Å². The summed E-state index contributed by atoms with van der Waals surface area (Å²) >= 11 is 0. The molecule has 0 unspecified atom stereocenters. The van der Waals surface area contributed by atoms with E-state index in [0.29, 0.717) is 13.1 Å². The van der Waals surface area contributed by atoms with Gasteiger partial charge < -0.3 is 14.9 Å². The van der Waals surface area contributed by atoms with Crippen LogP contribution in [0.3, 0.4) is 0 Å². The van der Waals surface area contributed by atoms with Gasteiger partial charge in [0.1, 0.15) is 11.6 Å². The van der Waals surface area contributed by atoms with E-state index in [2.05, 4.69) is 4.98 Å². The highest BCUT2D eigenvalue weighted by atomic mass is 19.4. The zero-order valence-corrected chi connectivity index (χ0v) is 14.4. The lowest BCUT2D eigenvalue weighted by molar-refractivity contribution is -0.137. The van der Waals surface area contributed by atoms with Crippen molar-refractivity contribution in [1.82, 2.24) is 9.88 Å². The Morgan fingerprint density at radius 2 is 1.74 bits per heavy atom. The van der Waals surface area contributed by atoms with Crippen LogP contribution in [-0.2, 0) is 11.0 Å². The van der Waals surface area contributed by atoms with Gasteiger partial charge in [0.05, 0.1) is 5.56 Å². The Balaban J connectivity index is 1.62. The van der Waals surface area contributed by atoms with Gasteiger partial charge in [-0.05, 0) is 35.9 Å². The van der Waals surface area contributed by atoms with Crippen molar-refractivity contribution < 1.29 is 23.1 Å². The third kappa shape index (κ3) is 4.58. The predicted molar refractivity (Wildman–Crippen MR) is 95.2 cm³/mol. The number of hydrogen-bond acceptors (Lipinski definition) is 4. The average molecular weight is 377 g/mol. The molecule has 0 spiro atoms. The normalized spacial score (nSPS) is 15.4. The molecule has 0 atom stereocenters. The van der Waals surface area contributed by atoms with Crippen LogP contribution in [0.25, 0.3) is 6.08 Å². The summed E-state index contributed by atoms with van der Waals surface area (Å²) in [6.07, 6.45) is -0.0789. The Kier molecular flexibility index (Phi) is 5.34. The van der Waals surface area contributed by atoms with E-state index >= 15 is 0 Å². The zero-order chi connectivity index (χ0) is 19.4. The van der Waals surface area contributed by atoms with E-state index < -0.39 is 11.7 Å². The number of pyridine rings is 1. The average Bonchev–Trinajstić information content (AvgIpc) is 2.67. The standard InChI is InChI=1S/C19H18F3N3O2/c20-19(21,22)16-2-1-9-23-18(16)25-12-10-24(11-13-25)17(27)8-5-14-3-6-15(26)7-4-14/h1-9,26H,10-13H2/b8-5+. The fourth-order valence-electron chi connectivity index (χ4n) is 2.87. The van der Waals surface area contributed by atoms with E-state index in [1.807, 2.05) is 0 Å². The summed E-state index contributed by atoms with van der Waals surface area (Å²) in [5, 5.41) is 9.25. The van der Waals surface area contributed by atoms with Crippen LogP contribution in [0.2, 0.25) is 0 Å². The fraction of sp³-hybridized carbons (Fsp3) is 0.263. The fourth-order valence-corrected chi connectivity index (χ4v) is 2.87. The number of alkyl halides is 3. The first-order valence-corrected chi connectivity index (χ1v) is 8.38. The van der Waals surface area contributed by atoms with E-state index in [0.717, 1.165) is 11.6 Å². The van der Waals surface area contributed by atoms with Gasteiger partial charge >= 0.3 is 6.18 Å². The van der Waals surface area contributed by atoms with Crippen LogP contribution >= 0.6 is 0 Å². The molecule has 1 fully saturated rings. The first-order valence-electron chi connectivity index (χ1n) is 8.38. The molecular formula is C19H18F3N3O2. The lowest BCUT2D eigenvalue weighted by Crippen LogP contribution is -2.49. The van der Waals surface area contributed by atoms with Crippen molar-refractivity contribution >= 4 is 17.8 Å². The van der Waals surface area contributed by atoms with Gasteiger partial charge in [0, 0.05) is 38.5 Å². The molecule has 2 heterocycles. The smallest absolute Gasteiger partial charge is 0.419 e. The molecule has 0 bridgehead atoms. The Labute approximate surface area is 154 Å². The molecule has 1 aliphatic heterocycles. The molecule has 1 aromatic heterocycles. The molecule has 5 nitrogen and oxygen atoms in total. The molecule has 8 heteroatoms. The molecule has 2 aromatic rings. The van der Waals surface area contributed by atoms with Crippen LogP contribution in [0.4, 0.5) is 19.0 Å². The molecule has 142 valence electrons. The van der Waals surface area contributed by atoms with E-state index in [4.69, 9.17) is 0 Å². The Morgan fingerprint density at radius 1 is 1.07 bits per heavy atom. The van der Waals surface area contributed by atoms with Crippen molar-refractivity contribution in [1.29, 1.82) is 0 Å². The van der Waals surface area contributed by atoms with E-state index in [1.54, 1.807) is 28.0 Å². The van der Waals surface area contributed by atoms with Crippen LogP contribution < -0.4 is 4.90 Å². The van der Waals surface area contributed by atoms with E-state index in [1.165, 1.54) is 30.5 Å². The number of nitrogens with zero attached hydrogens (tertiary/aromatic N) is 3. The van der Waals surface area contributed by atoms with Crippen LogP contribution in [0.5, 0.6) is 5.75 Å². The number of piperazine rings is 1. The van der Waals surface area contributed by atoms with Crippen LogP contribution in [0.15, 0.2) is 48.7 Å². The number of phenolic OH excluding ortho intramolecular Hbond substituents is 1. The number of benzene rings is 1. The minimum absolute atomic E-state index is 0.100. The topological polar surface area (TPSA) is 56.7 Å². The monoisotopic (exact) mass is 377 g/mol. The highest BCUT2D eigenvalue weighted by molar-refractivity contribution is 5.92. The number of hydrogen-bond donors (Lipinski definition) is 1. The Morgan fingerprint density at radius 3 is 2.37 bits per heavy atom. The van der Waals surface area contributed by atoms with Crippen LogP contribution in [0, 0.1) is 0 Å². The maximum atomic E-state index is 13.1. The third-order valence-corrected chi connectivity index (χ3v) is 4.29. The molecule has 1 aliphatic rings. The molecule has 1 amide bonds. The summed E-state index contributed by atoms with van der Waals surface area (Å²) in [6.45, 7) is 1.18. The largest absolute Gasteiger partial charge is 0.508 e. The number of phenols is 1. The SMILES string of the molecule is O=C(/C=C/c1ccc(O)cc1)N1CCN(c2ncccc2C(F)(F)F)CC1. The summed E-state index contributed by atoms with van der Waals surface area (Å²) in [5.74, 6) is -0.168. The van der Waals surface area contributed by atoms with Crippen LogP contribution in [-0.4, -0.2) is 47.1 Å². The number of carbonyl (C=O) groups excluding carboxylic acids is 1. The molecule has 0 radical (unpaired) electrons. The van der Waals surface area contributed by atoms with Gasteiger partial charge in [-0.1, -0.05) is 12.1 Å². The van der Waals surface area contributed by atoms with Gasteiger partial charge in [0.25, 0.3) is 0 Å². The maximum absolute atomic E-state index is 13.1. The lowest BCUT2D eigenvalue weighted by Gasteiger charge is -2.35. The predicted octanol–water partition coefficient (Wildman–Crippen LogP) is 3.17. The second-order valence-corrected chi connectivity index (χ2v) is 6.11. The molecule has 3 rings (SSSR count). The number of aromatic nitrogens is 1. The molecule has 1 N–H and O–H groups in total. The van der Waals surface area contributed by atoms with E-state index in [-0.39, 0.29) is 30.6 Å². The van der Waals surface area contributed by atoms with Crippen molar-refractivity contribution in [3.8, 4) is 5.75 Å². The molecule has 1 saturated heterocycles. The Bertz CT molecular complexity index is 827. The number of halogens is 3. The molecule has 27 heavy (non-hydrogen) atoms. The minimum atomic E-state index is -4.47. The number of carbonyl (C=O) groups is 1. The Hall–Kier alpha value is -3.03. The molecule has 0 saturated carbocycles. The summed E-state index contributed by atoms with van der Waals surface area (Å²) in [7, 11) is 0. The number of amides is 1. The van der Waals surface area contributed by atoms with Crippen molar-refractivity contribution in [3.05, 3.63) is 59.8 Å². The van der Waals surface area contributed by atoms with Crippen molar-refractivity contribution in [2.75, 3.05) is 31.1 Å². The summed E-state index contributed by atoms with van der Waals surface area (Å²) < 4.78 is 39.4. The highest BCUT2D eigenvalue weighted by Crippen LogP contribution is 2.35. The highest BCUT2D eigenvalue weighted by Gasteiger charge is 2.36. The van der Waals surface area contributed by atoms with Gasteiger partial charge in [0.15, 0.2) is 0 Å². The molecule has 0 aliphatic carbocycles. The van der Waals surface area contributed by atoms with Gasteiger partial charge in [-0.3, -0.25) is 4.79 Å². The van der Waals surface area contributed by atoms with Crippen molar-refractivity contribution in [2.45, 2.75) is 6.18 Å². The number of rotatable bonds is 3. The summed E-state index contributed by atoms with van der Waals surface area (Å²) in [6, 6.07) is 8.68. The molecule has 1 aromatic carbocycles. The van der Waals surface area contributed by atoms with Gasteiger partial charge in [-0.25, -0.2) is 4.98 Å². The summed E-state index contributed by atoms with van der Waals surface area (Å²) in [5.41, 5.74) is 0.0000862. The first-order chi connectivity index (χ1) is 12.8. The van der Waals surface area contributed by atoms with Gasteiger partial charge in [-0.2, -0.15) is 13.2 Å². The quantitative estimate of drug-likeness (QED) is 0.835. The molecular weight excluding hydrogens is 359 g/mol.